The van der Waals surface area contributed by atoms with Gasteiger partial charge in [0.25, 0.3) is 10.0 Å². The molecule has 0 amide bonds. The maximum absolute atomic E-state index is 12.6. The Kier molecular flexibility index (Phi) is 5.36. The minimum atomic E-state index is -3.88. The van der Waals surface area contributed by atoms with Gasteiger partial charge in [0.05, 0.1) is 14.2 Å². The van der Waals surface area contributed by atoms with E-state index in [-0.39, 0.29) is 22.0 Å². The molecule has 1 aromatic heterocycles. The molecule has 0 aliphatic heterocycles. The van der Waals surface area contributed by atoms with Crippen molar-refractivity contribution in [2.75, 3.05) is 24.3 Å². The summed E-state index contributed by atoms with van der Waals surface area (Å²) in [5.41, 5.74) is -0.174. The highest BCUT2D eigenvalue weighted by Crippen LogP contribution is 2.29. The first kappa shape index (κ1) is 18.8. The van der Waals surface area contributed by atoms with Crippen molar-refractivity contribution in [3.05, 3.63) is 30.3 Å². The number of nitrogens with one attached hydrogen (secondary N) is 2. The monoisotopic (exact) mass is 366 g/mol. The lowest BCUT2D eigenvalue weighted by Gasteiger charge is -2.20. The first-order chi connectivity index (χ1) is 11.6. The van der Waals surface area contributed by atoms with Crippen molar-refractivity contribution in [1.82, 2.24) is 10.2 Å². The molecule has 25 heavy (non-hydrogen) atoms. The van der Waals surface area contributed by atoms with E-state index in [1.54, 1.807) is 12.1 Å². The van der Waals surface area contributed by atoms with Crippen LogP contribution in [-0.4, -0.2) is 38.4 Å². The predicted molar refractivity (Wildman–Crippen MR) is 95.8 cm³/mol. The number of hydrogen-bond donors (Lipinski definition) is 2. The van der Waals surface area contributed by atoms with E-state index < -0.39 is 10.0 Å². The molecule has 136 valence electrons. The molecule has 0 spiro atoms. The maximum Gasteiger partial charge on any atom is 0.266 e. The molecular weight excluding hydrogens is 344 g/mol. The van der Waals surface area contributed by atoms with E-state index in [1.807, 2.05) is 20.8 Å². The fraction of sp³-hybridized carbons (Fsp3) is 0.375. The molecule has 0 unspecified atom stereocenters. The summed E-state index contributed by atoms with van der Waals surface area (Å²) in [4.78, 5) is -0.0190. The summed E-state index contributed by atoms with van der Waals surface area (Å²) in [7, 11) is -1.00. The number of nitrogens with zero attached hydrogens (tertiary/aromatic N) is 2. The third-order valence-corrected chi connectivity index (χ3v) is 4.46. The summed E-state index contributed by atoms with van der Waals surface area (Å²) in [6.45, 7) is 5.96. The Balaban J connectivity index is 2.24. The fourth-order valence-corrected chi connectivity index (χ4v) is 3.18. The standard InChI is InChI=1S/C16H22N4O4S/c1-16(2,3)17-14-8-9-15(19-18-14)20-25(21,22)13-7-6-11(23-4)10-12(13)24-5/h6-10H,1-5H3,(H,17,18)(H,19,20). The van der Waals surface area contributed by atoms with Gasteiger partial charge in [0.1, 0.15) is 22.2 Å². The predicted octanol–water partition coefficient (Wildman–Crippen LogP) is 2.51. The van der Waals surface area contributed by atoms with Crippen molar-refractivity contribution in [2.24, 2.45) is 0 Å². The van der Waals surface area contributed by atoms with Gasteiger partial charge >= 0.3 is 0 Å². The van der Waals surface area contributed by atoms with Crippen LogP contribution in [-0.2, 0) is 10.0 Å². The van der Waals surface area contributed by atoms with Gasteiger partial charge < -0.3 is 14.8 Å². The molecule has 0 saturated heterocycles. The van der Waals surface area contributed by atoms with Crippen LogP contribution in [0.25, 0.3) is 0 Å². The molecule has 0 aliphatic rings. The van der Waals surface area contributed by atoms with Gasteiger partial charge in [-0.3, -0.25) is 4.72 Å². The van der Waals surface area contributed by atoms with Crippen LogP contribution in [0.1, 0.15) is 20.8 Å². The smallest absolute Gasteiger partial charge is 0.266 e. The van der Waals surface area contributed by atoms with Gasteiger partial charge in [-0.05, 0) is 45.0 Å². The average molecular weight is 366 g/mol. The number of rotatable bonds is 6. The highest BCUT2D eigenvalue weighted by atomic mass is 32.2. The van der Waals surface area contributed by atoms with Crippen LogP contribution < -0.4 is 19.5 Å². The van der Waals surface area contributed by atoms with E-state index in [0.29, 0.717) is 11.6 Å². The van der Waals surface area contributed by atoms with Crippen LogP contribution in [0.4, 0.5) is 11.6 Å². The van der Waals surface area contributed by atoms with Crippen LogP contribution >= 0.6 is 0 Å². The molecular formula is C16H22N4O4S. The van der Waals surface area contributed by atoms with Gasteiger partial charge in [0.2, 0.25) is 0 Å². The molecule has 2 N–H and O–H groups in total. The van der Waals surface area contributed by atoms with Crippen molar-refractivity contribution >= 4 is 21.7 Å². The third-order valence-electron chi connectivity index (χ3n) is 3.07. The van der Waals surface area contributed by atoms with E-state index in [1.165, 1.54) is 32.4 Å². The van der Waals surface area contributed by atoms with E-state index in [2.05, 4.69) is 20.2 Å². The van der Waals surface area contributed by atoms with Crippen LogP contribution in [0.5, 0.6) is 11.5 Å². The van der Waals surface area contributed by atoms with E-state index >= 15 is 0 Å². The molecule has 0 fully saturated rings. The minimum Gasteiger partial charge on any atom is -0.497 e. The largest absolute Gasteiger partial charge is 0.497 e. The van der Waals surface area contributed by atoms with Gasteiger partial charge in [-0.15, -0.1) is 10.2 Å². The first-order valence-corrected chi connectivity index (χ1v) is 9.00. The SMILES string of the molecule is COc1ccc(S(=O)(=O)Nc2ccc(NC(C)(C)C)nn2)c(OC)c1. The molecule has 0 aliphatic carbocycles. The van der Waals surface area contributed by atoms with E-state index in [0.717, 1.165) is 0 Å². The molecule has 0 atom stereocenters. The number of benzene rings is 1. The number of hydrogen-bond acceptors (Lipinski definition) is 7. The normalized spacial score (nSPS) is 11.7. The second-order valence-electron chi connectivity index (χ2n) is 6.30. The van der Waals surface area contributed by atoms with E-state index in [9.17, 15) is 8.42 Å². The Morgan fingerprint density at radius 2 is 1.60 bits per heavy atom. The highest BCUT2D eigenvalue weighted by Gasteiger charge is 2.21. The first-order valence-electron chi connectivity index (χ1n) is 7.51. The summed E-state index contributed by atoms with van der Waals surface area (Å²) in [6.07, 6.45) is 0. The zero-order valence-electron chi connectivity index (χ0n) is 14.8. The maximum atomic E-state index is 12.6. The van der Waals surface area contributed by atoms with Gasteiger partial charge in [-0.2, -0.15) is 0 Å². The summed E-state index contributed by atoms with van der Waals surface area (Å²) in [5, 5.41) is 11.0. The van der Waals surface area contributed by atoms with Gasteiger partial charge in [0, 0.05) is 11.6 Å². The lowest BCUT2D eigenvalue weighted by atomic mass is 10.1. The second kappa shape index (κ2) is 7.14. The van der Waals surface area contributed by atoms with E-state index in [4.69, 9.17) is 9.47 Å². The number of sulfonamides is 1. The second-order valence-corrected chi connectivity index (χ2v) is 7.95. The lowest BCUT2D eigenvalue weighted by molar-refractivity contribution is 0.386. The Bertz CT molecular complexity index is 830. The quantitative estimate of drug-likeness (QED) is 0.810. The number of aromatic nitrogens is 2. The van der Waals surface area contributed by atoms with Crippen molar-refractivity contribution in [2.45, 2.75) is 31.2 Å². The van der Waals surface area contributed by atoms with Crippen molar-refractivity contribution < 1.29 is 17.9 Å². The lowest BCUT2D eigenvalue weighted by Crippen LogP contribution is -2.26. The molecule has 9 heteroatoms. The minimum absolute atomic E-state index is 0.0190. The zero-order valence-corrected chi connectivity index (χ0v) is 15.6. The van der Waals surface area contributed by atoms with Gasteiger partial charge in [-0.1, -0.05) is 0 Å². The molecule has 0 radical (unpaired) electrons. The number of ether oxygens (including phenoxy) is 2. The van der Waals surface area contributed by atoms with Crippen molar-refractivity contribution in [1.29, 1.82) is 0 Å². The van der Waals surface area contributed by atoms with Crippen LogP contribution in [0, 0.1) is 0 Å². The summed E-state index contributed by atoms with van der Waals surface area (Å²) >= 11 is 0. The van der Waals surface area contributed by atoms with Gasteiger partial charge in [-0.25, -0.2) is 8.42 Å². The Morgan fingerprint density at radius 3 is 2.12 bits per heavy atom. The topological polar surface area (TPSA) is 102 Å². The summed E-state index contributed by atoms with van der Waals surface area (Å²) in [5.74, 6) is 1.33. The molecule has 8 nitrogen and oxygen atoms in total. The van der Waals surface area contributed by atoms with Crippen LogP contribution in [0.3, 0.4) is 0 Å². The summed E-state index contributed by atoms with van der Waals surface area (Å²) in [6, 6.07) is 7.63. The summed E-state index contributed by atoms with van der Waals surface area (Å²) < 4.78 is 37.8. The molecule has 2 aromatic rings. The number of methoxy groups -OCH3 is 2. The molecule has 0 bridgehead atoms. The van der Waals surface area contributed by atoms with Crippen molar-refractivity contribution in [3.8, 4) is 11.5 Å². The Hall–Kier alpha value is -2.55. The molecule has 1 aromatic carbocycles. The van der Waals surface area contributed by atoms with Crippen LogP contribution in [0.15, 0.2) is 35.2 Å². The Labute approximate surface area is 147 Å². The third kappa shape index (κ3) is 4.96. The van der Waals surface area contributed by atoms with Crippen LogP contribution in [0.2, 0.25) is 0 Å². The Morgan fingerprint density at radius 1 is 0.960 bits per heavy atom. The number of anilines is 2. The average Bonchev–Trinajstić information content (AvgIpc) is 2.54. The molecule has 0 saturated carbocycles. The van der Waals surface area contributed by atoms with Crippen molar-refractivity contribution in [3.63, 3.8) is 0 Å². The molecule has 1 heterocycles. The van der Waals surface area contributed by atoms with Gasteiger partial charge in [0.15, 0.2) is 5.82 Å². The highest BCUT2D eigenvalue weighted by molar-refractivity contribution is 7.92. The zero-order chi connectivity index (χ0) is 18.7. The fourth-order valence-electron chi connectivity index (χ4n) is 2.03. The molecule has 2 rings (SSSR count).